The van der Waals surface area contributed by atoms with Crippen LogP contribution in [0.2, 0.25) is 0 Å². The molecule has 0 radical (unpaired) electrons. The maximum atomic E-state index is 13.4. The minimum absolute atomic E-state index is 0.157. The molecule has 3 nitrogen and oxygen atoms in total. The van der Waals surface area contributed by atoms with Crippen LogP contribution in [0.3, 0.4) is 0 Å². The van der Waals surface area contributed by atoms with Gasteiger partial charge in [-0.1, -0.05) is 0 Å². The van der Waals surface area contributed by atoms with Gasteiger partial charge in [-0.25, -0.2) is 4.39 Å². The lowest BCUT2D eigenvalue weighted by atomic mass is 10.1. The molecule has 2 heterocycles. The van der Waals surface area contributed by atoms with E-state index in [4.69, 9.17) is 0 Å². The Hall–Kier alpha value is -1.39. The lowest BCUT2D eigenvalue weighted by Gasteiger charge is -2.27. The van der Waals surface area contributed by atoms with Gasteiger partial charge >= 0.3 is 0 Å². The molecule has 1 aliphatic heterocycles. The number of piperazine rings is 1. The van der Waals surface area contributed by atoms with Gasteiger partial charge in [0.2, 0.25) is 0 Å². The smallest absolute Gasteiger partial charge is 0.123 e. The average molecular weight is 261 g/mol. The Morgan fingerprint density at radius 1 is 1.26 bits per heavy atom. The number of aromatic nitrogens is 1. The number of benzene rings is 1. The van der Waals surface area contributed by atoms with Crippen molar-refractivity contribution in [3.05, 3.63) is 35.3 Å². The zero-order chi connectivity index (χ0) is 13.4. The molecular weight excluding hydrogens is 241 g/mol. The van der Waals surface area contributed by atoms with Crippen LogP contribution in [0.15, 0.2) is 18.2 Å². The van der Waals surface area contributed by atoms with Crippen molar-refractivity contribution in [2.45, 2.75) is 13.5 Å². The van der Waals surface area contributed by atoms with Crippen molar-refractivity contribution in [2.75, 3.05) is 26.2 Å². The van der Waals surface area contributed by atoms with Crippen molar-refractivity contribution < 1.29 is 4.39 Å². The number of nitrogens with zero attached hydrogens (tertiary/aromatic N) is 2. The monoisotopic (exact) mass is 261 g/mol. The molecule has 19 heavy (non-hydrogen) atoms. The molecule has 0 bridgehead atoms. The Kier molecular flexibility index (Phi) is 3.29. The van der Waals surface area contributed by atoms with E-state index in [1.807, 2.05) is 6.07 Å². The number of aryl methyl sites for hydroxylation is 2. The highest BCUT2D eigenvalue weighted by atomic mass is 19.1. The number of fused-ring (bicyclic) bond motifs is 1. The van der Waals surface area contributed by atoms with E-state index >= 15 is 0 Å². The molecule has 1 aromatic carbocycles. The number of hydrogen-bond donors (Lipinski definition) is 1. The summed E-state index contributed by atoms with van der Waals surface area (Å²) in [4.78, 5) is 2.45. The van der Waals surface area contributed by atoms with Gasteiger partial charge in [0.15, 0.2) is 0 Å². The second kappa shape index (κ2) is 4.94. The summed E-state index contributed by atoms with van der Waals surface area (Å²) in [6, 6.07) is 5.06. The van der Waals surface area contributed by atoms with Crippen molar-refractivity contribution in [1.82, 2.24) is 14.8 Å². The van der Waals surface area contributed by atoms with Gasteiger partial charge in [-0.05, 0) is 30.7 Å². The quantitative estimate of drug-likeness (QED) is 0.892. The van der Waals surface area contributed by atoms with Crippen LogP contribution in [0.1, 0.15) is 11.3 Å². The van der Waals surface area contributed by atoms with Crippen molar-refractivity contribution >= 4 is 10.9 Å². The molecule has 1 fully saturated rings. The highest BCUT2D eigenvalue weighted by Gasteiger charge is 2.16. The number of nitrogens with one attached hydrogen (secondary N) is 1. The van der Waals surface area contributed by atoms with Crippen molar-refractivity contribution in [3.63, 3.8) is 0 Å². The molecule has 2 aromatic rings. The SMILES string of the molecule is Cc1c(CN2CCNCC2)n(C)c2ccc(F)cc12. The molecule has 102 valence electrons. The summed E-state index contributed by atoms with van der Waals surface area (Å²) in [5.41, 5.74) is 3.61. The highest BCUT2D eigenvalue weighted by Crippen LogP contribution is 2.26. The first-order valence-corrected chi connectivity index (χ1v) is 6.83. The number of hydrogen-bond acceptors (Lipinski definition) is 2. The largest absolute Gasteiger partial charge is 0.346 e. The Morgan fingerprint density at radius 3 is 2.74 bits per heavy atom. The van der Waals surface area contributed by atoms with Crippen LogP contribution in [0.4, 0.5) is 4.39 Å². The highest BCUT2D eigenvalue weighted by molar-refractivity contribution is 5.85. The summed E-state index contributed by atoms with van der Waals surface area (Å²) >= 11 is 0. The minimum atomic E-state index is -0.157. The first-order valence-electron chi connectivity index (χ1n) is 6.83. The molecule has 0 atom stereocenters. The summed E-state index contributed by atoms with van der Waals surface area (Å²) in [6.45, 7) is 7.31. The van der Waals surface area contributed by atoms with Crippen LogP contribution in [0.25, 0.3) is 10.9 Å². The molecule has 1 saturated heterocycles. The molecule has 1 aliphatic rings. The lowest BCUT2D eigenvalue weighted by Crippen LogP contribution is -2.43. The Morgan fingerprint density at radius 2 is 2.00 bits per heavy atom. The summed E-state index contributed by atoms with van der Waals surface area (Å²) in [5, 5.41) is 4.40. The van der Waals surface area contributed by atoms with Gasteiger partial charge < -0.3 is 9.88 Å². The Bertz CT molecular complexity index is 597. The van der Waals surface area contributed by atoms with Gasteiger partial charge in [0.25, 0.3) is 0 Å². The minimum Gasteiger partial charge on any atom is -0.346 e. The predicted molar refractivity (Wildman–Crippen MR) is 75.8 cm³/mol. The van der Waals surface area contributed by atoms with Crippen LogP contribution in [0.5, 0.6) is 0 Å². The fourth-order valence-corrected chi connectivity index (χ4v) is 2.96. The second-order valence-corrected chi connectivity index (χ2v) is 5.32. The maximum Gasteiger partial charge on any atom is 0.123 e. The predicted octanol–water partition coefficient (Wildman–Crippen LogP) is 2.03. The molecule has 1 N–H and O–H groups in total. The van der Waals surface area contributed by atoms with Gasteiger partial charge in [-0.15, -0.1) is 0 Å². The van der Waals surface area contributed by atoms with Crippen molar-refractivity contribution in [1.29, 1.82) is 0 Å². The van der Waals surface area contributed by atoms with Gasteiger partial charge in [0.05, 0.1) is 0 Å². The zero-order valence-corrected chi connectivity index (χ0v) is 11.5. The molecular formula is C15H20FN3. The van der Waals surface area contributed by atoms with Gasteiger partial charge in [-0.3, -0.25) is 4.90 Å². The van der Waals surface area contributed by atoms with E-state index in [2.05, 4.69) is 28.8 Å². The molecule has 0 unspecified atom stereocenters. The van der Waals surface area contributed by atoms with Crippen LogP contribution < -0.4 is 5.32 Å². The van der Waals surface area contributed by atoms with E-state index in [0.29, 0.717) is 0 Å². The van der Waals surface area contributed by atoms with Gasteiger partial charge in [0.1, 0.15) is 5.82 Å². The van der Waals surface area contributed by atoms with Crippen LogP contribution in [0, 0.1) is 12.7 Å². The van der Waals surface area contributed by atoms with Gasteiger partial charge in [0, 0.05) is 56.4 Å². The lowest BCUT2D eigenvalue weighted by molar-refractivity contribution is 0.228. The third kappa shape index (κ3) is 2.26. The maximum absolute atomic E-state index is 13.4. The number of halogens is 1. The summed E-state index contributed by atoms with van der Waals surface area (Å²) < 4.78 is 15.6. The summed E-state index contributed by atoms with van der Waals surface area (Å²) in [6.07, 6.45) is 0. The first-order chi connectivity index (χ1) is 9.16. The molecule has 0 saturated carbocycles. The van der Waals surface area contributed by atoms with Gasteiger partial charge in [-0.2, -0.15) is 0 Å². The Labute approximate surface area is 113 Å². The Balaban J connectivity index is 1.98. The fourth-order valence-electron chi connectivity index (χ4n) is 2.96. The molecule has 0 aliphatic carbocycles. The van der Waals surface area contributed by atoms with E-state index in [9.17, 15) is 4.39 Å². The van der Waals surface area contributed by atoms with E-state index in [1.54, 1.807) is 6.07 Å². The number of rotatable bonds is 2. The average Bonchev–Trinajstić information content (AvgIpc) is 2.65. The van der Waals surface area contributed by atoms with E-state index in [1.165, 1.54) is 17.3 Å². The van der Waals surface area contributed by atoms with Crippen LogP contribution >= 0.6 is 0 Å². The summed E-state index contributed by atoms with van der Waals surface area (Å²) in [5.74, 6) is -0.157. The van der Waals surface area contributed by atoms with Crippen molar-refractivity contribution in [3.8, 4) is 0 Å². The third-order valence-electron chi connectivity index (χ3n) is 4.14. The molecule has 3 rings (SSSR count). The topological polar surface area (TPSA) is 20.2 Å². The van der Waals surface area contributed by atoms with Crippen LogP contribution in [-0.4, -0.2) is 35.6 Å². The van der Waals surface area contributed by atoms with E-state index in [-0.39, 0.29) is 5.82 Å². The van der Waals surface area contributed by atoms with E-state index < -0.39 is 0 Å². The molecule has 1 aromatic heterocycles. The molecule has 0 spiro atoms. The molecule has 4 heteroatoms. The third-order valence-corrected chi connectivity index (χ3v) is 4.14. The standard InChI is InChI=1S/C15H20FN3/c1-11-13-9-12(16)3-4-14(13)18(2)15(11)10-19-7-5-17-6-8-19/h3-4,9,17H,5-8,10H2,1-2H3. The normalized spacial score (nSPS) is 17.2. The van der Waals surface area contributed by atoms with Crippen LogP contribution in [-0.2, 0) is 13.6 Å². The fraction of sp³-hybridized carbons (Fsp3) is 0.467. The first kappa shape index (κ1) is 12.6. The second-order valence-electron chi connectivity index (χ2n) is 5.32. The van der Waals surface area contributed by atoms with Crippen molar-refractivity contribution in [2.24, 2.45) is 7.05 Å². The molecule has 0 amide bonds. The zero-order valence-electron chi connectivity index (χ0n) is 11.5. The summed E-state index contributed by atoms with van der Waals surface area (Å²) in [7, 11) is 2.07. The van der Waals surface area contributed by atoms with E-state index in [0.717, 1.165) is 43.6 Å².